The standard InChI is InChI=1S/C43H35N7/c1-42(2,3)29-21-28(22-30(23-29)43(4,5)6)39-46-40(49-35-13-9-7-11-31(35)33-19-26(24-44)15-17-37(33)49)48-41(47-39)50-36-14-10-8-12-32(36)34-20-27(25-45)16-18-38(34)50/h7-23H,1-6H3. The molecule has 5 aromatic carbocycles. The molecule has 7 heteroatoms. The Morgan fingerprint density at radius 3 is 1.32 bits per heavy atom. The molecular weight excluding hydrogens is 615 g/mol. The van der Waals surface area contributed by atoms with Crippen LogP contribution < -0.4 is 0 Å². The van der Waals surface area contributed by atoms with Crippen molar-refractivity contribution < 1.29 is 0 Å². The van der Waals surface area contributed by atoms with E-state index < -0.39 is 0 Å². The van der Waals surface area contributed by atoms with E-state index in [0.717, 1.165) is 49.2 Å². The molecule has 0 aliphatic carbocycles. The van der Waals surface area contributed by atoms with Gasteiger partial charge in [0.15, 0.2) is 5.82 Å². The first-order valence-electron chi connectivity index (χ1n) is 16.7. The first kappa shape index (κ1) is 31.0. The van der Waals surface area contributed by atoms with Gasteiger partial charge in [-0.1, -0.05) is 84.0 Å². The van der Waals surface area contributed by atoms with E-state index in [9.17, 15) is 10.5 Å². The van der Waals surface area contributed by atoms with E-state index in [1.807, 2.05) is 60.7 Å². The molecule has 0 saturated heterocycles. The number of hydrogen-bond donors (Lipinski definition) is 0. The zero-order valence-electron chi connectivity index (χ0n) is 28.9. The highest BCUT2D eigenvalue weighted by atomic mass is 15.3. The Morgan fingerprint density at radius 1 is 0.480 bits per heavy atom. The van der Waals surface area contributed by atoms with Gasteiger partial charge < -0.3 is 0 Å². The van der Waals surface area contributed by atoms with Gasteiger partial charge in [-0.25, -0.2) is 0 Å². The molecule has 0 unspecified atom stereocenters. The first-order chi connectivity index (χ1) is 23.9. The summed E-state index contributed by atoms with van der Waals surface area (Å²) >= 11 is 0. The van der Waals surface area contributed by atoms with Gasteiger partial charge in [0.1, 0.15) is 0 Å². The van der Waals surface area contributed by atoms with Gasteiger partial charge in [-0.15, -0.1) is 0 Å². The van der Waals surface area contributed by atoms with Gasteiger partial charge in [0.05, 0.1) is 45.3 Å². The van der Waals surface area contributed by atoms with Crippen LogP contribution in [0.3, 0.4) is 0 Å². The van der Waals surface area contributed by atoms with Crippen LogP contribution in [0.25, 0.3) is 66.9 Å². The van der Waals surface area contributed by atoms with Gasteiger partial charge >= 0.3 is 0 Å². The van der Waals surface area contributed by atoms with E-state index in [2.05, 4.69) is 105 Å². The smallest absolute Gasteiger partial charge is 0.240 e. The summed E-state index contributed by atoms with van der Waals surface area (Å²) in [6.45, 7) is 13.4. The van der Waals surface area contributed by atoms with Gasteiger partial charge in [-0.3, -0.25) is 9.13 Å². The Kier molecular flexibility index (Phi) is 6.89. The van der Waals surface area contributed by atoms with E-state index >= 15 is 0 Å². The van der Waals surface area contributed by atoms with Crippen LogP contribution in [-0.2, 0) is 10.8 Å². The van der Waals surface area contributed by atoms with Crippen LogP contribution in [-0.4, -0.2) is 24.1 Å². The molecule has 242 valence electrons. The van der Waals surface area contributed by atoms with Crippen molar-refractivity contribution in [1.82, 2.24) is 24.1 Å². The number of nitrogens with zero attached hydrogens (tertiary/aromatic N) is 7. The van der Waals surface area contributed by atoms with Crippen molar-refractivity contribution in [3.63, 3.8) is 0 Å². The molecule has 3 aromatic heterocycles. The molecular formula is C43H35N7. The monoisotopic (exact) mass is 649 g/mol. The quantitative estimate of drug-likeness (QED) is 0.190. The molecule has 0 N–H and O–H groups in total. The molecule has 3 heterocycles. The molecule has 0 aliphatic heterocycles. The van der Waals surface area contributed by atoms with Crippen molar-refractivity contribution in [1.29, 1.82) is 10.5 Å². The van der Waals surface area contributed by atoms with E-state index in [4.69, 9.17) is 15.0 Å². The fourth-order valence-electron chi connectivity index (χ4n) is 6.82. The highest BCUT2D eigenvalue weighted by Crippen LogP contribution is 2.37. The van der Waals surface area contributed by atoms with Crippen molar-refractivity contribution in [2.24, 2.45) is 0 Å². The lowest BCUT2D eigenvalue weighted by molar-refractivity contribution is 0.569. The van der Waals surface area contributed by atoms with E-state index in [-0.39, 0.29) is 10.8 Å². The maximum absolute atomic E-state index is 9.75. The molecule has 0 bridgehead atoms. The van der Waals surface area contributed by atoms with Gasteiger partial charge in [0, 0.05) is 27.1 Å². The van der Waals surface area contributed by atoms with Crippen molar-refractivity contribution in [2.75, 3.05) is 0 Å². The average Bonchev–Trinajstić information content (AvgIpc) is 3.62. The molecule has 0 atom stereocenters. The van der Waals surface area contributed by atoms with Crippen molar-refractivity contribution in [2.45, 2.75) is 52.4 Å². The molecule has 8 aromatic rings. The lowest BCUT2D eigenvalue weighted by atomic mass is 9.79. The normalized spacial score (nSPS) is 12.2. The number of nitriles is 2. The predicted octanol–water partition coefficient (Wildman–Crippen LogP) is 10.1. The number of para-hydroxylation sites is 2. The Bertz CT molecular complexity index is 2570. The van der Waals surface area contributed by atoms with Gasteiger partial charge in [-0.2, -0.15) is 25.5 Å². The topological polar surface area (TPSA) is 96.1 Å². The van der Waals surface area contributed by atoms with Crippen molar-refractivity contribution >= 4 is 43.6 Å². The summed E-state index contributed by atoms with van der Waals surface area (Å²) in [6.07, 6.45) is 0. The number of hydrogen-bond acceptors (Lipinski definition) is 5. The Hall–Kier alpha value is -6.31. The van der Waals surface area contributed by atoms with Crippen molar-refractivity contribution in [3.8, 4) is 35.4 Å². The zero-order chi connectivity index (χ0) is 34.9. The van der Waals surface area contributed by atoms with Crippen LogP contribution in [0.4, 0.5) is 0 Å². The predicted molar refractivity (Wildman–Crippen MR) is 201 cm³/mol. The minimum Gasteiger partial charge on any atom is -0.278 e. The van der Waals surface area contributed by atoms with Crippen LogP contribution in [0.15, 0.2) is 103 Å². The highest BCUT2D eigenvalue weighted by molar-refractivity contribution is 6.10. The second kappa shape index (κ2) is 11.1. The summed E-state index contributed by atoms with van der Waals surface area (Å²) in [4.78, 5) is 15.7. The third kappa shape index (κ3) is 4.98. The molecule has 0 amide bonds. The molecule has 0 spiro atoms. The largest absolute Gasteiger partial charge is 0.278 e. The zero-order valence-corrected chi connectivity index (χ0v) is 28.9. The molecule has 0 fully saturated rings. The molecule has 7 nitrogen and oxygen atoms in total. The second-order valence-corrected chi connectivity index (χ2v) is 15.0. The Morgan fingerprint density at radius 2 is 0.900 bits per heavy atom. The number of rotatable bonds is 3. The van der Waals surface area contributed by atoms with Crippen molar-refractivity contribution in [3.05, 3.63) is 125 Å². The molecule has 0 saturated carbocycles. The Balaban J connectivity index is 1.51. The molecule has 50 heavy (non-hydrogen) atoms. The summed E-state index contributed by atoms with van der Waals surface area (Å²) < 4.78 is 4.14. The van der Waals surface area contributed by atoms with Crippen LogP contribution in [0.2, 0.25) is 0 Å². The lowest BCUT2D eigenvalue weighted by Gasteiger charge is -2.26. The summed E-state index contributed by atoms with van der Waals surface area (Å²) in [6, 6.07) is 39.1. The fourth-order valence-corrected chi connectivity index (χ4v) is 6.82. The molecule has 8 rings (SSSR count). The average molecular weight is 650 g/mol. The van der Waals surface area contributed by atoms with E-state index in [1.165, 1.54) is 11.1 Å². The number of benzene rings is 5. The lowest BCUT2D eigenvalue weighted by Crippen LogP contribution is -2.17. The summed E-state index contributed by atoms with van der Waals surface area (Å²) in [7, 11) is 0. The SMILES string of the molecule is CC(C)(C)c1cc(-c2nc(-n3c4ccccc4c4cc(C#N)ccc43)nc(-n3c4ccccc4c4cc(C#N)ccc43)n2)cc(C(C)(C)C)c1. The van der Waals surface area contributed by atoms with Gasteiger partial charge in [0.25, 0.3) is 0 Å². The van der Waals surface area contributed by atoms with Gasteiger partial charge in [0.2, 0.25) is 11.9 Å². The second-order valence-electron chi connectivity index (χ2n) is 15.0. The van der Waals surface area contributed by atoms with Crippen LogP contribution in [0, 0.1) is 22.7 Å². The minimum atomic E-state index is -0.106. The third-order valence-electron chi connectivity index (χ3n) is 9.54. The maximum atomic E-state index is 9.75. The number of fused-ring (bicyclic) bond motifs is 6. The van der Waals surface area contributed by atoms with Crippen LogP contribution in [0.1, 0.15) is 63.8 Å². The fraction of sp³-hybridized carbons (Fsp3) is 0.186. The Labute approximate surface area is 290 Å². The first-order valence-corrected chi connectivity index (χ1v) is 16.7. The van der Waals surface area contributed by atoms with E-state index in [1.54, 1.807) is 0 Å². The summed E-state index contributed by atoms with van der Waals surface area (Å²) in [5, 5.41) is 23.4. The van der Waals surface area contributed by atoms with E-state index in [0.29, 0.717) is 28.8 Å². The van der Waals surface area contributed by atoms with Crippen LogP contribution in [0.5, 0.6) is 0 Å². The maximum Gasteiger partial charge on any atom is 0.240 e. The summed E-state index contributed by atoms with van der Waals surface area (Å²) in [5.41, 5.74) is 7.93. The third-order valence-corrected chi connectivity index (χ3v) is 9.54. The molecule has 0 aliphatic rings. The number of aromatic nitrogens is 5. The minimum absolute atomic E-state index is 0.106. The highest BCUT2D eigenvalue weighted by Gasteiger charge is 2.24. The van der Waals surface area contributed by atoms with Gasteiger partial charge in [-0.05, 0) is 82.6 Å². The van der Waals surface area contributed by atoms with Crippen LogP contribution >= 0.6 is 0 Å². The molecule has 0 radical (unpaired) electrons. The summed E-state index contributed by atoms with van der Waals surface area (Å²) in [5.74, 6) is 1.50.